The molecule has 0 bridgehead atoms. The largest absolute Gasteiger partial charge is 0.357 e. The van der Waals surface area contributed by atoms with Gasteiger partial charge in [-0.2, -0.15) is 5.26 Å². The van der Waals surface area contributed by atoms with E-state index in [9.17, 15) is 0 Å². The summed E-state index contributed by atoms with van der Waals surface area (Å²) in [7, 11) is 2.07. The molecule has 1 saturated carbocycles. The highest BCUT2D eigenvalue weighted by molar-refractivity contribution is 5.74. The number of pyridine rings is 1. The lowest BCUT2D eigenvalue weighted by Crippen LogP contribution is -2.30. The molecule has 8 nitrogen and oxygen atoms in total. The van der Waals surface area contributed by atoms with Crippen molar-refractivity contribution in [2.75, 3.05) is 11.9 Å². The predicted molar refractivity (Wildman–Crippen MR) is 100 cm³/mol. The summed E-state index contributed by atoms with van der Waals surface area (Å²) < 4.78 is 2.12. The summed E-state index contributed by atoms with van der Waals surface area (Å²) >= 11 is 0. The number of H-pyrrole nitrogens is 1. The molecule has 0 unspecified atom stereocenters. The first-order chi connectivity index (χ1) is 13.2. The van der Waals surface area contributed by atoms with Crippen molar-refractivity contribution in [3.05, 3.63) is 48.2 Å². The Morgan fingerprint density at radius 1 is 1.19 bits per heavy atom. The first kappa shape index (κ1) is 15.8. The third-order valence-corrected chi connectivity index (χ3v) is 5.52. The topological polar surface area (TPSA) is 98.8 Å². The highest BCUT2D eigenvalue weighted by Gasteiger charge is 2.32. The number of nitrogens with zero attached hydrogens (tertiary/aromatic N) is 7. The second-order valence-electron chi connectivity index (χ2n) is 7.01. The highest BCUT2D eigenvalue weighted by atomic mass is 15.3. The van der Waals surface area contributed by atoms with Crippen LogP contribution in [0.15, 0.2) is 36.8 Å². The van der Waals surface area contributed by atoms with Gasteiger partial charge in [0.25, 0.3) is 0 Å². The Bertz CT molecular complexity index is 1150. The van der Waals surface area contributed by atoms with E-state index in [0.29, 0.717) is 17.5 Å². The van der Waals surface area contributed by atoms with Gasteiger partial charge in [-0.25, -0.2) is 9.97 Å². The molecule has 4 aromatic heterocycles. The second kappa shape index (κ2) is 6.06. The van der Waals surface area contributed by atoms with Crippen molar-refractivity contribution in [2.24, 2.45) is 0 Å². The molecule has 0 aromatic carbocycles. The molecule has 1 fully saturated rings. The summed E-state index contributed by atoms with van der Waals surface area (Å²) in [4.78, 5) is 14.2. The fraction of sp³-hybridized carbons (Fsp3) is 0.316. The Morgan fingerprint density at radius 3 is 2.93 bits per heavy atom. The number of aromatic amines is 1. The normalized spacial score (nSPS) is 19.6. The maximum absolute atomic E-state index is 8.94. The fourth-order valence-corrected chi connectivity index (χ4v) is 4.05. The number of anilines is 1. The van der Waals surface area contributed by atoms with Crippen LogP contribution in [-0.2, 0) is 0 Å². The minimum Gasteiger partial charge on any atom is -0.357 e. The third-order valence-electron chi connectivity index (χ3n) is 5.52. The molecule has 4 heterocycles. The van der Waals surface area contributed by atoms with Crippen molar-refractivity contribution in [2.45, 2.75) is 31.2 Å². The Morgan fingerprint density at radius 2 is 2.11 bits per heavy atom. The van der Waals surface area contributed by atoms with E-state index >= 15 is 0 Å². The molecule has 0 aliphatic heterocycles. The summed E-state index contributed by atoms with van der Waals surface area (Å²) in [6, 6.07) is 8.23. The molecule has 4 aromatic rings. The summed E-state index contributed by atoms with van der Waals surface area (Å²) in [6.45, 7) is 0. The molecular formula is C19H18N8. The Labute approximate surface area is 155 Å². The van der Waals surface area contributed by atoms with Crippen molar-refractivity contribution in [1.29, 1.82) is 5.26 Å². The maximum atomic E-state index is 8.94. The third kappa shape index (κ3) is 2.51. The Balaban J connectivity index is 1.43. The van der Waals surface area contributed by atoms with Gasteiger partial charge in [0.1, 0.15) is 17.7 Å². The van der Waals surface area contributed by atoms with Gasteiger partial charge < -0.3 is 9.88 Å². The highest BCUT2D eigenvalue weighted by Crippen LogP contribution is 2.37. The van der Waals surface area contributed by atoms with Crippen molar-refractivity contribution in [3.8, 4) is 6.07 Å². The maximum Gasteiger partial charge on any atom is 0.179 e. The zero-order chi connectivity index (χ0) is 18.4. The van der Waals surface area contributed by atoms with Gasteiger partial charge in [0.05, 0.1) is 17.3 Å². The zero-order valence-electron chi connectivity index (χ0n) is 14.9. The van der Waals surface area contributed by atoms with Gasteiger partial charge in [-0.1, -0.05) is 0 Å². The summed E-state index contributed by atoms with van der Waals surface area (Å²) in [5.41, 5.74) is 3.22. The number of nitriles is 1. The van der Waals surface area contributed by atoms with E-state index in [0.717, 1.165) is 47.7 Å². The van der Waals surface area contributed by atoms with Crippen LogP contribution in [0, 0.1) is 11.3 Å². The van der Waals surface area contributed by atoms with Crippen LogP contribution in [-0.4, -0.2) is 42.6 Å². The van der Waals surface area contributed by atoms with Crippen LogP contribution in [0.1, 0.15) is 36.6 Å². The van der Waals surface area contributed by atoms with Crippen LogP contribution in [0.3, 0.4) is 0 Å². The predicted octanol–water partition coefficient (Wildman–Crippen LogP) is 2.64. The Kier molecular flexibility index (Phi) is 3.53. The molecule has 0 amide bonds. The minimum absolute atomic E-state index is 0.339. The molecule has 2 atom stereocenters. The van der Waals surface area contributed by atoms with E-state index in [4.69, 9.17) is 5.26 Å². The van der Waals surface area contributed by atoms with Crippen molar-refractivity contribution in [3.63, 3.8) is 0 Å². The van der Waals surface area contributed by atoms with E-state index in [1.807, 2.05) is 24.4 Å². The van der Waals surface area contributed by atoms with Crippen LogP contribution >= 0.6 is 0 Å². The molecule has 27 heavy (non-hydrogen) atoms. The summed E-state index contributed by atoms with van der Waals surface area (Å²) in [5.74, 6) is 2.23. The van der Waals surface area contributed by atoms with E-state index in [-0.39, 0.29) is 0 Å². The van der Waals surface area contributed by atoms with Crippen molar-refractivity contribution >= 4 is 22.6 Å². The number of aromatic nitrogens is 6. The quantitative estimate of drug-likeness (QED) is 0.604. The Hall–Kier alpha value is -3.47. The van der Waals surface area contributed by atoms with E-state index in [1.54, 1.807) is 12.4 Å². The summed E-state index contributed by atoms with van der Waals surface area (Å²) in [6.07, 6.45) is 8.39. The number of hydrogen-bond acceptors (Lipinski definition) is 6. The van der Waals surface area contributed by atoms with Crippen molar-refractivity contribution in [1.82, 2.24) is 29.5 Å². The molecule has 0 spiro atoms. The van der Waals surface area contributed by atoms with Gasteiger partial charge in [-0.3, -0.25) is 4.40 Å². The van der Waals surface area contributed by atoms with Crippen LogP contribution in [0.25, 0.3) is 16.8 Å². The van der Waals surface area contributed by atoms with Gasteiger partial charge in [-0.15, -0.1) is 10.2 Å². The number of rotatable bonds is 3. The zero-order valence-corrected chi connectivity index (χ0v) is 14.9. The molecule has 5 rings (SSSR count). The molecule has 0 radical (unpaired) electrons. The van der Waals surface area contributed by atoms with E-state index < -0.39 is 0 Å². The van der Waals surface area contributed by atoms with Crippen LogP contribution in [0.5, 0.6) is 0 Å². The lowest BCUT2D eigenvalue weighted by Gasteiger charge is -2.25. The fourth-order valence-electron chi connectivity index (χ4n) is 4.05. The average molecular weight is 358 g/mol. The lowest BCUT2D eigenvalue weighted by molar-refractivity contribution is 0.613. The van der Waals surface area contributed by atoms with Gasteiger partial charge in [0, 0.05) is 31.4 Å². The van der Waals surface area contributed by atoms with Gasteiger partial charge in [0.15, 0.2) is 11.3 Å². The standard InChI is InChI=1S/C19H18N8/c1-26(16-5-2-12(9-20)10-22-16)14-4-3-13(8-14)19-25-24-17-11-23-18-15(27(17)19)6-7-21-18/h2,5-7,10-11,13-14,21H,3-4,8H2,1H3/t13-,14+/m1/s1. The lowest BCUT2D eigenvalue weighted by atomic mass is 10.1. The molecule has 1 aliphatic rings. The molecule has 0 saturated heterocycles. The molecule has 1 N–H and O–H groups in total. The molecular weight excluding hydrogens is 340 g/mol. The second-order valence-corrected chi connectivity index (χ2v) is 7.01. The van der Waals surface area contributed by atoms with Crippen LogP contribution < -0.4 is 4.90 Å². The average Bonchev–Trinajstić information content (AvgIpc) is 3.44. The molecule has 8 heteroatoms. The van der Waals surface area contributed by atoms with Gasteiger partial charge in [0.2, 0.25) is 0 Å². The number of fused-ring (bicyclic) bond motifs is 3. The van der Waals surface area contributed by atoms with Crippen molar-refractivity contribution < 1.29 is 0 Å². The first-order valence-electron chi connectivity index (χ1n) is 9.00. The monoisotopic (exact) mass is 358 g/mol. The molecule has 134 valence electrons. The minimum atomic E-state index is 0.339. The molecule has 1 aliphatic carbocycles. The number of hydrogen-bond donors (Lipinski definition) is 1. The van der Waals surface area contributed by atoms with E-state index in [1.165, 1.54) is 0 Å². The number of nitrogens with one attached hydrogen (secondary N) is 1. The van der Waals surface area contributed by atoms with Crippen LogP contribution in [0.4, 0.5) is 5.82 Å². The van der Waals surface area contributed by atoms with Gasteiger partial charge >= 0.3 is 0 Å². The van der Waals surface area contributed by atoms with E-state index in [2.05, 4.69) is 47.6 Å². The smallest absolute Gasteiger partial charge is 0.179 e. The van der Waals surface area contributed by atoms with Crippen LogP contribution in [0.2, 0.25) is 0 Å². The first-order valence-corrected chi connectivity index (χ1v) is 9.00. The SMILES string of the molecule is CN(c1ccc(C#N)cn1)[C@H]1CC[C@@H](c2nnc3cnc4[nH]ccc4n23)C1. The summed E-state index contributed by atoms with van der Waals surface area (Å²) in [5, 5.41) is 17.7. The van der Waals surface area contributed by atoms with Gasteiger partial charge in [-0.05, 0) is 37.5 Å².